The predicted octanol–water partition coefficient (Wildman–Crippen LogP) is -0.560. The highest BCUT2D eigenvalue weighted by molar-refractivity contribution is 5.87. The van der Waals surface area contributed by atoms with E-state index >= 15 is 0 Å². The molecule has 0 aromatic carbocycles. The number of carbonyl (C=O) groups is 2. The normalized spacial score (nSPS) is 18.1. The first-order valence-electron chi connectivity index (χ1n) is 6.72. The van der Waals surface area contributed by atoms with Crippen molar-refractivity contribution in [3.05, 3.63) is 0 Å². The summed E-state index contributed by atoms with van der Waals surface area (Å²) in [5.41, 5.74) is 3.99. The Kier molecular flexibility index (Phi) is 4.92. The molecule has 0 saturated carbocycles. The lowest BCUT2D eigenvalue weighted by Crippen LogP contribution is -2.62. The van der Waals surface area contributed by atoms with E-state index in [9.17, 15) is 9.59 Å². The van der Waals surface area contributed by atoms with Gasteiger partial charge in [0.15, 0.2) is 0 Å². The van der Waals surface area contributed by atoms with Crippen molar-refractivity contribution in [3.63, 3.8) is 0 Å². The van der Waals surface area contributed by atoms with Gasteiger partial charge in [0.2, 0.25) is 11.8 Å². The van der Waals surface area contributed by atoms with Crippen LogP contribution in [0, 0.1) is 0 Å². The van der Waals surface area contributed by atoms with E-state index in [1.165, 1.54) is 0 Å². The molecule has 1 saturated heterocycles. The molecule has 0 aromatic heterocycles. The van der Waals surface area contributed by atoms with Crippen LogP contribution >= 0.6 is 0 Å². The maximum atomic E-state index is 12.4. The lowest BCUT2D eigenvalue weighted by Gasteiger charge is -2.41. The van der Waals surface area contributed by atoms with Gasteiger partial charge in [0, 0.05) is 38.1 Å². The maximum Gasteiger partial charge on any atom is 0.240 e. The summed E-state index contributed by atoms with van der Waals surface area (Å²) in [4.78, 5) is 25.6. The van der Waals surface area contributed by atoms with E-state index in [-0.39, 0.29) is 12.3 Å². The van der Waals surface area contributed by atoms with Gasteiger partial charge < -0.3 is 16.4 Å². The highest BCUT2D eigenvalue weighted by Gasteiger charge is 2.37. The summed E-state index contributed by atoms with van der Waals surface area (Å²) in [7, 11) is 0. The summed E-state index contributed by atoms with van der Waals surface area (Å²) in [5, 5.41) is 6.19. The number of hydrogen-bond donors (Lipinski definition) is 3. The van der Waals surface area contributed by atoms with Crippen LogP contribution in [0.3, 0.4) is 0 Å². The quantitative estimate of drug-likeness (QED) is 0.625. The molecule has 0 radical (unpaired) electrons. The monoisotopic (exact) mass is 270 g/mol. The zero-order valence-corrected chi connectivity index (χ0v) is 12.4. The zero-order chi connectivity index (χ0) is 14.7. The fourth-order valence-electron chi connectivity index (χ4n) is 2.31. The van der Waals surface area contributed by atoms with Crippen molar-refractivity contribution in [1.82, 2.24) is 15.5 Å². The van der Waals surface area contributed by atoms with Crippen molar-refractivity contribution >= 4 is 11.8 Å². The Bertz CT molecular complexity index is 347. The van der Waals surface area contributed by atoms with Gasteiger partial charge in [-0.25, -0.2) is 0 Å². The first-order valence-corrected chi connectivity index (χ1v) is 6.72. The van der Waals surface area contributed by atoms with Crippen LogP contribution in [0.25, 0.3) is 0 Å². The van der Waals surface area contributed by atoms with Gasteiger partial charge in [-0.2, -0.15) is 0 Å². The number of nitrogens with one attached hydrogen (secondary N) is 2. The fourth-order valence-corrected chi connectivity index (χ4v) is 2.31. The van der Waals surface area contributed by atoms with E-state index < -0.39 is 17.0 Å². The van der Waals surface area contributed by atoms with Gasteiger partial charge in [0.25, 0.3) is 0 Å². The number of hydrogen-bond acceptors (Lipinski definition) is 4. The van der Waals surface area contributed by atoms with Crippen molar-refractivity contribution in [2.75, 3.05) is 26.2 Å². The van der Waals surface area contributed by atoms with Crippen LogP contribution in [0.4, 0.5) is 0 Å². The molecule has 0 bridgehead atoms. The second kappa shape index (κ2) is 5.88. The van der Waals surface area contributed by atoms with Crippen LogP contribution in [-0.4, -0.2) is 54.0 Å². The molecule has 1 aliphatic rings. The smallest absolute Gasteiger partial charge is 0.240 e. The molecule has 1 heterocycles. The predicted molar refractivity (Wildman–Crippen MR) is 74.6 cm³/mol. The van der Waals surface area contributed by atoms with Gasteiger partial charge in [-0.1, -0.05) is 0 Å². The second-order valence-electron chi connectivity index (χ2n) is 6.28. The molecule has 0 atom stereocenters. The topological polar surface area (TPSA) is 87.5 Å². The van der Waals surface area contributed by atoms with E-state index in [1.807, 2.05) is 27.7 Å². The fraction of sp³-hybridized carbons (Fsp3) is 0.846. The van der Waals surface area contributed by atoms with E-state index in [4.69, 9.17) is 5.73 Å². The van der Waals surface area contributed by atoms with Crippen LogP contribution in [0.1, 0.15) is 34.1 Å². The third-order valence-electron chi connectivity index (χ3n) is 3.53. The van der Waals surface area contributed by atoms with Gasteiger partial charge >= 0.3 is 0 Å². The molecule has 0 unspecified atom stereocenters. The molecule has 19 heavy (non-hydrogen) atoms. The Morgan fingerprint density at radius 3 is 2.21 bits per heavy atom. The molecule has 110 valence electrons. The van der Waals surface area contributed by atoms with Crippen molar-refractivity contribution < 1.29 is 9.59 Å². The van der Waals surface area contributed by atoms with E-state index in [1.54, 1.807) is 0 Å². The number of rotatable bonds is 5. The zero-order valence-electron chi connectivity index (χ0n) is 12.4. The number of amides is 2. The number of piperazine rings is 1. The number of nitrogens with two attached hydrogens (primary N) is 1. The Labute approximate surface area is 115 Å². The molecule has 1 fully saturated rings. The molecule has 6 nitrogen and oxygen atoms in total. The average Bonchev–Trinajstić information content (AvgIpc) is 2.27. The minimum absolute atomic E-state index is 0.0688. The lowest BCUT2D eigenvalue weighted by atomic mass is 9.95. The summed E-state index contributed by atoms with van der Waals surface area (Å²) in [5.74, 6) is -0.481. The maximum absolute atomic E-state index is 12.4. The molecular formula is C13H26N4O2. The first kappa shape index (κ1) is 15.9. The Balaban J connectivity index is 2.67. The van der Waals surface area contributed by atoms with Gasteiger partial charge in [-0.05, 0) is 27.7 Å². The van der Waals surface area contributed by atoms with Crippen molar-refractivity contribution in [2.45, 2.75) is 45.2 Å². The van der Waals surface area contributed by atoms with Gasteiger partial charge in [-0.3, -0.25) is 14.5 Å². The minimum atomic E-state index is -0.617. The Hall–Kier alpha value is -1.14. The Morgan fingerprint density at radius 2 is 1.74 bits per heavy atom. The minimum Gasteiger partial charge on any atom is -0.370 e. The first-order chi connectivity index (χ1) is 8.65. The molecule has 4 N–H and O–H groups in total. The average molecular weight is 270 g/mol. The molecule has 6 heteroatoms. The molecule has 2 amide bonds. The van der Waals surface area contributed by atoms with E-state index in [0.29, 0.717) is 0 Å². The largest absolute Gasteiger partial charge is 0.370 e. The highest BCUT2D eigenvalue weighted by atomic mass is 16.2. The summed E-state index contributed by atoms with van der Waals surface area (Å²) < 4.78 is 0. The molecular weight excluding hydrogens is 244 g/mol. The molecule has 0 aliphatic carbocycles. The Morgan fingerprint density at radius 1 is 1.21 bits per heavy atom. The van der Waals surface area contributed by atoms with Crippen LogP contribution in [0.5, 0.6) is 0 Å². The number of primary amides is 1. The van der Waals surface area contributed by atoms with E-state index in [2.05, 4.69) is 15.5 Å². The van der Waals surface area contributed by atoms with Crippen LogP contribution in [0.15, 0.2) is 0 Å². The number of carbonyl (C=O) groups excluding carboxylic acids is 2. The third kappa shape index (κ3) is 4.47. The van der Waals surface area contributed by atoms with Crippen molar-refractivity contribution in [2.24, 2.45) is 5.73 Å². The molecule has 1 rings (SSSR count). The van der Waals surface area contributed by atoms with Crippen LogP contribution in [-0.2, 0) is 9.59 Å². The summed E-state index contributed by atoms with van der Waals surface area (Å²) in [6.45, 7) is 10.9. The summed E-state index contributed by atoms with van der Waals surface area (Å²) >= 11 is 0. The van der Waals surface area contributed by atoms with Gasteiger partial charge in [0.05, 0.1) is 5.54 Å². The summed E-state index contributed by atoms with van der Waals surface area (Å²) in [6, 6.07) is 0. The van der Waals surface area contributed by atoms with Crippen LogP contribution < -0.4 is 16.4 Å². The standard InChI is InChI=1S/C13H26N4O2/c1-12(2,9-10(14)18)16-11(19)13(3,4)17-7-5-15-6-8-17/h15H,5-9H2,1-4H3,(H2,14,18)(H,16,19). The molecule has 0 spiro atoms. The lowest BCUT2D eigenvalue weighted by molar-refractivity contribution is -0.134. The van der Waals surface area contributed by atoms with Gasteiger partial charge in [-0.15, -0.1) is 0 Å². The van der Waals surface area contributed by atoms with E-state index in [0.717, 1.165) is 26.2 Å². The summed E-state index contributed by atoms with van der Waals surface area (Å²) in [6.07, 6.45) is 0.135. The highest BCUT2D eigenvalue weighted by Crippen LogP contribution is 2.18. The molecule has 0 aromatic rings. The van der Waals surface area contributed by atoms with Crippen molar-refractivity contribution in [3.8, 4) is 0 Å². The van der Waals surface area contributed by atoms with Crippen molar-refractivity contribution in [1.29, 1.82) is 0 Å². The SMILES string of the molecule is CC(C)(CC(N)=O)NC(=O)C(C)(C)N1CCNCC1. The third-order valence-corrected chi connectivity index (χ3v) is 3.53. The van der Waals surface area contributed by atoms with Crippen LogP contribution in [0.2, 0.25) is 0 Å². The molecule has 1 aliphatic heterocycles. The van der Waals surface area contributed by atoms with Gasteiger partial charge in [0.1, 0.15) is 0 Å². The number of nitrogens with zero attached hydrogens (tertiary/aromatic N) is 1. The second-order valence-corrected chi connectivity index (χ2v) is 6.28.